The van der Waals surface area contributed by atoms with Gasteiger partial charge in [-0.15, -0.1) is 0 Å². The molecule has 6 nitrogen and oxygen atoms in total. The van der Waals surface area contributed by atoms with E-state index in [1.165, 1.54) is 6.20 Å². The van der Waals surface area contributed by atoms with E-state index in [0.717, 1.165) is 0 Å². The Morgan fingerprint density at radius 3 is 1.84 bits per heavy atom. The molecule has 0 atom stereocenters. The molecular formula is C11H25NO5SSi. The maximum atomic E-state index is 11.3. The number of hydrogen-bond acceptors (Lipinski definition) is 5. The summed E-state index contributed by atoms with van der Waals surface area (Å²) in [7, 11) is -5.94. The van der Waals surface area contributed by atoms with Crippen molar-refractivity contribution in [1.29, 1.82) is 0 Å². The summed E-state index contributed by atoms with van der Waals surface area (Å²) in [6.45, 7) is 8.72. The van der Waals surface area contributed by atoms with Crippen LogP contribution in [0.5, 0.6) is 0 Å². The molecule has 0 aliphatic carbocycles. The van der Waals surface area contributed by atoms with E-state index in [0.29, 0.717) is 25.9 Å². The summed E-state index contributed by atoms with van der Waals surface area (Å²) >= 11 is 0. The van der Waals surface area contributed by atoms with Crippen molar-refractivity contribution in [3.8, 4) is 0 Å². The Labute approximate surface area is 117 Å². The summed E-state index contributed by atoms with van der Waals surface area (Å²) in [6.07, 6.45) is 3.08. The Hall–Kier alpha value is -0.413. The van der Waals surface area contributed by atoms with Gasteiger partial charge in [-0.2, -0.15) is 0 Å². The molecule has 114 valence electrons. The molecule has 0 aromatic rings. The van der Waals surface area contributed by atoms with Crippen LogP contribution in [0.3, 0.4) is 0 Å². The molecule has 0 radical (unpaired) electrons. The first kappa shape index (κ1) is 18.6. The highest BCUT2D eigenvalue weighted by Crippen LogP contribution is 2.16. The van der Waals surface area contributed by atoms with E-state index >= 15 is 0 Å². The largest absolute Gasteiger partial charge is 0.504 e. The molecule has 0 bridgehead atoms. The SMILES string of the molecule is CCO[Si](CC=CNS(=O)(=O)CC)(OCC)OCC. The van der Waals surface area contributed by atoms with Crippen LogP contribution in [0.15, 0.2) is 12.3 Å². The first-order valence-electron chi connectivity index (χ1n) is 6.52. The van der Waals surface area contributed by atoms with Crippen LogP contribution >= 0.6 is 0 Å². The van der Waals surface area contributed by atoms with Crippen LogP contribution in [-0.4, -0.2) is 42.8 Å². The highest BCUT2D eigenvalue weighted by Gasteiger charge is 2.38. The van der Waals surface area contributed by atoms with Crippen molar-refractivity contribution in [2.45, 2.75) is 33.7 Å². The summed E-state index contributed by atoms with van der Waals surface area (Å²) in [6, 6.07) is 0.439. The third kappa shape index (κ3) is 7.68. The maximum absolute atomic E-state index is 11.3. The first-order valence-corrected chi connectivity index (χ1v) is 10.1. The summed E-state index contributed by atoms with van der Waals surface area (Å²) in [5.74, 6) is 0.0439. The van der Waals surface area contributed by atoms with Gasteiger partial charge in [-0.25, -0.2) is 8.42 Å². The Balaban J connectivity index is 4.59. The molecule has 8 heteroatoms. The molecule has 0 unspecified atom stereocenters. The lowest BCUT2D eigenvalue weighted by molar-refractivity contribution is 0.0742. The topological polar surface area (TPSA) is 73.9 Å². The molecule has 0 rings (SSSR count). The van der Waals surface area contributed by atoms with Crippen LogP contribution in [-0.2, 0) is 23.3 Å². The van der Waals surface area contributed by atoms with E-state index < -0.39 is 18.8 Å². The van der Waals surface area contributed by atoms with Gasteiger partial charge in [0.05, 0.1) is 5.75 Å². The third-order valence-corrected chi connectivity index (χ3v) is 6.38. The van der Waals surface area contributed by atoms with Crippen LogP contribution in [0, 0.1) is 0 Å². The molecule has 1 N–H and O–H groups in total. The average Bonchev–Trinajstić information content (AvgIpc) is 2.36. The van der Waals surface area contributed by atoms with Crippen LogP contribution in [0.2, 0.25) is 6.04 Å². The molecule has 19 heavy (non-hydrogen) atoms. The third-order valence-electron chi connectivity index (χ3n) is 2.21. The lowest BCUT2D eigenvalue weighted by Crippen LogP contribution is -2.45. The highest BCUT2D eigenvalue weighted by molar-refractivity contribution is 7.89. The van der Waals surface area contributed by atoms with Crippen molar-refractivity contribution in [2.75, 3.05) is 25.6 Å². The van der Waals surface area contributed by atoms with Crippen molar-refractivity contribution >= 4 is 18.8 Å². The monoisotopic (exact) mass is 311 g/mol. The first-order chi connectivity index (χ1) is 8.95. The summed E-state index contributed by atoms with van der Waals surface area (Å²) in [5.41, 5.74) is 0. The lowest BCUT2D eigenvalue weighted by Gasteiger charge is -2.27. The van der Waals surface area contributed by atoms with Gasteiger partial charge >= 0.3 is 8.80 Å². The summed E-state index contributed by atoms with van der Waals surface area (Å²) < 4.78 is 41.8. The standard InChI is InChI=1S/C11H25NO5SSi/c1-5-15-19(16-6-2,17-7-3)11-9-10-12-18(13,14)8-4/h9-10,12H,5-8,11H2,1-4H3. The predicted molar refractivity (Wildman–Crippen MR) is 77.2 cm³/mol. The molecule has 0 heterocycles. The Morgan fingerprint density at radius 1 is 1.00 bits per heavy atom. The normalized spacial score (nSPS) is 13.1. The van der Waals surface area contributed by atoms with Gasteiger partial charge in [-0.05, 0) is 27.7 Å². The molecule has 0 aromatic heterocycles. The van der Waals surface area contributed by atoms with Gasteiger partial charge < -0.3 is 13.3 Å². The smallest absolute Gasteiger partial charge is 0.374 e. The average molecular weight is 311 g/mol. The van der Waals surface area contributed by atoms with Gasteiger partial charge in [0.25, 0.3) is 0 Å². The molecule has 0 spiro atoms. The second kappa shape index (κ2) is 9.48. The fourth-order valence-electron chi connectivity index (χ4n) is 1.40. The Bertz CT molecular complexity index is 341. The minimum atomic E-state index is -3.22. The van der Waals surface area contributed by atoms with Crippen molar-refractivity contribution in [3.63, 3.8) is 0 Å². The number of rotatable bonds is 11. The van der Waals surface area contributed by atoms with Crippen LogP contribution in [0.1, 0.15) is 27.7 Å². The minimum Gasteiger partial charge on any atom is -0.374 e. The van der Waals surface area contributed by atoms with Gasteiger partial charge in [0.2, 0.25) is 10.0 Å². The number of nitrogens with one attached hydrogen (secondary N) is 1. The van der Waals surface area contributed by atoms with E-state index in [1.54, 1.807) is 13.0 Å². The summed E-state index contributed by atoms with van der Waals surface area (Å²) in [4.78, 5) is 0. The van der Waals surface area contributed by atoms with Crippen LogP contribution < -0.4 is 4.72 Å². The molecule has 0 aliphatic heterocycles. The Morgan fingerprint density at radius 2 is 1.47 bits per heavy atom. The van der Waals surface area contributed by atoms with Gasteiger partial charge in [0, 0.05) is 32.1 Å². The van der Waals surface area contributed by atoms with Gasteiger partial charge in [-0.3, -0.25) is 4.72 Å². The van der Waals surface area contributed by atoms with E-state index in [4.69, 9.17) is 13.3 Å². The summed E-state index contributed by atoms with van der Waals surface area (Å²) in [5, 5.41) is 0. The second-order valence-electron chi connectivity index (χ2n) is 3.61. The molecule has 0 saturated carbocycles. The van der Waals surface area contributed by atoms with Crippen molar-refractivity contribution < 1.29 is 21.7 Å². The predicted octanol–water partition coefficient (Wildman–Crippen LogP) is 1.49. The number of hydrogen-bond donors (Lipinski definition) is 1. The fourth-order valence-corrected chi connectivity index (χ4v) is 4.20. The minimum absolute atomic E-state index is 0.0439. The van der Waals surface area contributed by atoms with E-state index in [9.17, 15) is 8.42 Å². The van der Waals surface area contributed by atoms with Crippen molar-refractivity contribution in [3.05, 3.63) is 12.3 Å². The van der Waals surface area contributed by atoms with Crippen LogP contribution in [0.25, 0.3) is 0 Å². The fraction of sp³-hybridized carbons (Fsp3) is 0.818. The van der Waals surface area contributed by atoms with E-state index in [-0.39, 0.29) is 5.75 Å². The van der Waals surface area contributed by atoms with Gasteiger partial charge in [0.1, 0.15) is 0 Å². The Kier molecular flexibility index (Phi) is 9.28. The van der Waals surface area contributed by atoms with Crippen molar-refractivity contribution in [2.24, 2.45) is 0 Å². The maximum Gasteiger partial charge on any atom is 0.504 e. The van der Waals surface area contributed by atoms with Gasteiger partial charge in [0.15, 0.2) is 0 Å². The van der Waals surface area contributed by atoms with Gasteiger partial charge in [-0.1, -0.05) is 6.08 Å². The number of allylic oxidation sites excluding steroid dienone is 1. The van der Waals surface area contributed by atoms with E-state index in [1.807, 2.05) is 20.8 Å². The quantitative estimate of drug-likeness (QED) is 0.585. The van der Waals surface area contributed by atoms with Crippen LogP contribution in [0.4, 0.5) is 0 Å². The second-order valence-corrected chi connectivity index (χ2v) is 8.29. The molecule has 0 aromatic carbocycles. The molecule has 0 saturated heterocycles. The number of sulfonamides is 1. The van der Waals surface area contributed by atoms with Crippen molar-refractivity contribution in [1.82, 2.24) is 4.72 Å². The van der Waals surface area contributed by atoms with E-state index in [2.05, 4.69) is 4.72 Å². The molecule has 0 amide bonds. The molecular weight excluding hydrogens is 286 g/mol. The zero-order chi connectivity index (χ0) is 14.8. The zero-order valence-corrected chi connectivity index (χ0v) is 14.0. The molecule has 0 aliphatic rings. The zero-order valence-electron chi connectivity index (χ0n) is 12.1. The highest BCUT2D eigenvalue weighted by atomic mass is 32.2. The molecule has 0 fully saturated rings. The lowest BCUT2D eigenvalue weighted by atomic mass is 10.7.